The first kappa shape index (κ1) is 14.9. The van der Waals surface area contributed by atoms with Crippen molar-refractivity contribution in [3.8, 4) is 0 Å². The van der Waals surface area contributed by atoms with Crippen molar-refractivity contribution < 1.29 is 18.8 Å². The van der Waals surface area contributed by atoms with Crippen molar-refractivity contribution in [2.45, 2.75) is 25.7 Å². The highest BCUT2D eigenvalue weighted by molar-refractivity contribution is 5.99. The van der Waals surface area contributed by atoms with Gasteiger partial charge in [-0.05, 0) is 36.5 Å². The number of fused-ring (bicyclic) bond motifs is 1. The quantitative estimate of drug-likeness (QED) is 0.814. The Morgan fingerprint density at radius 3 is 2.50 bits per heavy atom. The first-order chi connectivity index (χ1) is 11.5. The number of nitrogens with one attached hydrogen (secondary N) is 1. The lowest BCUT2D eigenvalue weighted by molar-refractivity contribution is -0.139. The van der Waals surface area contributed by atoms with Crippen LogP contribution in [0, 0.1) is 5.41 Å². The van der Waals surface area contributed by atoms with Crippen LogP contribution in [0.1, 0.15) is 36.0 Å². The summed E-state index contributed by atoms with van der Waals surface area (Å²) in [5.41, 5.74) is 1.02. The first-order valence-corrected chi connectivity index (χ1v) is 8.14. The van der Waals surface area contributed by atoms with Gasteiger partial charge in [0.15, 0.2) is 0 Å². The number of amides is 3. The molecule has 2 fully saturated rings. The number of carbonyl (C=O) groups excluding carboxylic acids is 3. The second kappa shape index (κ2) is 5.47. The number of furan rings is 1. The minimum atomic E-state index is -0.277. The molecule has 0 atom stereocenters. The molecule has 0 aliphatic carbocycles. The Bertz CT molecular complexity index is 812. The number of hydrogen-bond donors (Lipinski definition) is 1. The van der Waals surface area contributed by atoms with Gasteiger partial charge in [0.1, 0.15) is 5.58 Å². The normalized spacial score (nSPS) is 20.4. The number of rotatable bonds is 1. The van der Waals surface area contributed by atoms with Gasteiger partial charge in [-0.15, -0.1) is 0 Å². The van der Waals surface area contributed by atoms with Crippen LogP contribution in [-0.4, -0.2) is 35.7 Å². The second-order valence-corrected chi connectivity index (χ2v) is 6.79. The Kier molecular flexibility index (Phi) is 3.40. The summed E-state index contributed by atoms with van der Waals surface area (Å²) < 4.78 is 5.36. The van der Waals surface area contributed by atoms with Crippen LogP contribution in [0.15, 0.2) is 34.9 Å². The van der Waals surface area contributed by atoms with E-state index in [2.05, 4.69) is 5.32 Å². The highest BCUT2D eigenvalue weighted by atomic mass is 16.3. The van der Waals surface area contributed by atoms with Crippen molar-refractivity contribution in [3.05, 3.63) is 36.1 Å². The van der Waals surface area contributed by atoms with Crippen molar-refractivity contribution in [1.29, 1.82) is 0 Å². The molecule has 4 rings (SSSR count). The third kappa shape index (κ3) is 2.58. The van der Waals surface area contributed by atoms with Crippen LogP contribution in [0.2, 0.25) is 0 Å². The topological polar surface area (TPSA) is 79.6 Å². The Hall–Kier alpha value is -2.63. The lowest BCUT2D eigenvalue weighted by Gasteiger charge is -2.43. The molecule has 0 unspecified atom stereocenters. The molecule has 1 aromatic heterocycles. The van der Waals surface area contributed by atoms with E-state index in [4.69, 9.17) is 4.42 Å². The van der Waals surface area contributed by atoms with Gasteiger partial charge in [-0.25, -0.2) is 0 Å². The summed E-state index contributed by atoms with van der Waals surface area (Å²) >= 11 is 0. The first-order valence-electron chi connectivity index (χ1n) is 8.14. The maximum atomic E-state index is 12.7. The average molecular weight is 326 g/mol. The lowest BCUT2D eigenvalue weighted by atomic mass is 9.71. The second-order valence-electron chi connectivity index (χ2n) is 6.79. The molecular weight excluding hydrogens is 308 g/mol. The molecule has 2 aliphatic heterocycles. The van der Waals surface area contributed by atoms with E-state index >= 15 is 0 Å². The number of imide groups is 1. The van der Waals surface area contributed by atoms with Crippen LogP contribution in [0.3, 0.4) is 0 Å². The Balaban J connectivity index is 1.48. The molecule has 2 aromatic rings. The van der Waals surface area contributed by atoms with Crippen LogP contribution in [0.4, 0.5) is 0 Å². The van der Waals surface area contributed by atoms with Crippen LogP contribution in [0.25, 0.3) is 11.0 Å². The van der Waals surface area contributed by atoms with E-state index in [1.807, 2.05) is 18.2 Å². The van der Waals surface area contributed by atoms with E-state index in [1.165, 1.54) is 0 Å². The van der Waals surface area contributed by atoms with Gasteiger partial charge in [0.25, 0.3) is 5.91 Å². The monoisotopic (exact) mass is 326 g/mol. The molecule has 1 N–H and O–H groups in total. The number of nitrogens with zero attached hydrogens (tertiary/aromatic N) is 1. The van der Waals surface area contributed by atoms with Gasteiger partial charge in [0.05, 0.1) is 6.26 Å². The number of hydrogen-bond acceptors (Lipinski definition) is 4. The van der Waals surface area contributed by atoms with E-state index in [0.29, 0.717) is 49.9 Å². The zero-order chi connectivity index (χ0) is 16.7. The SMILES string of the molecule is O=C1CC2(CCN(C(=O)c3ccc4ccoc4c3)CC2)CC(=O)N1. The van der Waals surface area contributed by atoms with Crippen LogP contribution in [0.5, 0.6) is 0 Å². The lowest BCUT2D eigenvalue weighted by Crippen LogP contribution is -2.50. The predicted molar refractivity (Wildman–Crippen MR) is 86.2 cm³/mol. The summed E-state index contributed by atoms with van der Waals surface area (Å²) in [6.45, 7) is 1.13. The summed E-state index contributed by atoms with van der Waals surface area (Å²) in [5, 5.41) is 3.32. The molecule has 2 saturated heterocycles. The molecule has 6 heteroatoms. The van der Waals surface area contributed by atoms with Crippen molar-refractivity contribution in [2.75, 3.05) is 13.1 Å². The molecular formula is C18H18N2O4. The summed E-state index contributed by atoms with van der Waals surface area (Å²) in [6.07, 6.45) is 3.72. The number of piperidine rings is 2. The van der Waals surface area contributed by atoms with Crippen molar-refractivity contribution >= 4 is 28.7 Å². The molecule has 3 amide bonds. The van der Waals surface area contributed by atoms with Crippen LogP contribution < -0.4 is 5.32 Å². The van der Waals surface area contributed by atoms with Gasteiger partial charge in [-0.2, -0.15) is 0 Å². The zero-order valence-corrected chi connectivity index (χ0v) is 13.2. The van der Waals surface area contributed by atoms with E-state index in [1.54, 1.807) is 17.2 Å². The standard InChI is InChI=1S/C18H18N2O4/c21-15-10-18(11-16(22)19-15)4-6-20(7-5-18)17(23)13-2-1-12-3-8-24-14(12)9-13/h1-3,8-9H,4-7,10-11H2,(H,19,21,22). The molecule has 124 valence electrons. The van der Waals surface area contributed by atoms with Gasteiger partial charge in [-0.1, -0.05) is 6.07 Å². The molecule has 24 heavy (non-hydrogen) atoms. The third-order valence-corrected chi connectivity index (χ3v) is 5.16. The Labute approximate surface area is 138 Å². The van der Waals surface area contributed by atoms with E-state index in [9.17, 15) is 14.4 Å². The summed E-state index contributed by atoms with van der Waals surface area (Å²) in [5.74, 6) is -0.432. The fourth-order valence-corrected chi connectivity index (χ4v) is 3.80. The van der Waals surface area contributed by atoms with Gasteiger partial charge < -0.3 is 9.32 Å². The number of likely N-dealkylation sites (tertiary alicyclic amines) is 1. The van der Waals surface area contributed by atoms with Crippen LogP contribution in [-0.2, 0) is 9.59 Å². The fourth-order valence-electron chi connectivity index (χ4n) is 3.80. The fraction of sp³-hybridized carbons (Fsp3) is 0.389. The maximum absolute atomic E-state index is 12.7. The third-order valence-electron chi connectivity index (χ3n) is 5.16. The average Bonchev–Trinajstić information content (AvgIpc) is 3.01. The molecule has 2 aliphatic rings. The van der Waals surface area contributed by atoms with Crippen molar-refractivity contribution in [1.82, 2.24) is 10.2 Å². The highest BCUT2D eigenvalue weighted by Crippen LogP contribution is 2.40. The molecule has 1 aromatic carbocycles. The predicted octanol–water partition coefficient (Wildman–Crippen LogP) is 2.09. The Morgan fingerprint density at radius 1 is 1.08 bits per heavy atom. The molecule has 0 saturated carbocycles. The van der Waals surface area contributed by atoms with E-state index < -0.39 is 0 Å². The minimum absolute atomic E-state index is 0.0327. The smallest absolute Gasteiger partial charge is 0.253 e. The summed E-state index contributed by atoms with van der Waals surface area (Å²) in [6, 6.07) is 7.31. The maximum Gasteiger partial charge on any atom is 0.253 e. The molecule has 0 radical (unpaired) electrons. The zero-order valence-electron chi connectivity index (χ0n) is 13.2. The molecule has 1 spiro atoms. The molecule has 0 bridgehead atoms. The van der Waals surface area contributed by atoms with Gasteiger partial charge in [0, 0.05) is 36.9 Å². The van der Waals surface area contributed by atoms with Crippen LogP contribution >= 0.6 is 0 Å². The molecule has 6 nitrogen and oxygen atoms in total. The van der Waals surface area contributed by atoms with E-state index in [0.717, 1.165) is 5.39 Å². The highest BCUT2D eigenvalue weighted by Gasteiger charge is 2.42. The van der Waals surface area contributed by atoms with Crippen molar-refractivity contribution in [3.63, 3.8) is 0 Å². The minimum Gasteiger partial charge on any atom is -0.464 e. The van der Waals surface area contributed by atoms with Gasteiger partial charge in [0.2, 0.25) is 11.8 Å². The van der Waals surface area contributed by atoms with Gasteiger partial charge >= 0.3 is 0 Å². The number of carbonyl (C=O) groups is 3. The van der Waals surface area contributed by atoms with Gasteiger partial charge in [-0.3, -0.25) is 19.7 Å². The largest absolute Gasteiger partial charge is 0.464 e. The number of benzene rings is 1. The van der Waals surface area contributed by atoms with E-state index in [-0.39, 0.29) is 23.1 Å². The summed E-state index contributed by atoms with van der Waals surface area (Å²) in [4.78, 5) is 37.8. The summed E-state index contributed by atoms with van der Waals surface area (Å²) in [7, 11) is 0. The molecule has 3 heterocycles. The Morgan fingerprint density at radius 2 is 1.79 bits per heavy atom. The van der Waals surface area contributed by atoms with Crippen molar-refractivity contribution in [2.24, 2.45) is 5.41 Å².